The molecular weight excluding hydrogens is 370 g/mol. The van der Waals surface area contributed by atoms with Crippen LogP contribution in [0.3, 0.4) is 0 Å². The molecule has 0 saturated heterocycles. The predicted molar refractivity (Wildman–Crippen MR) is 128 cm³/mol. The molecule has 0 aliphatic carbocycles. The van der Waals surface area contributed by atoms with Crippen LogP contribution in [0.2, 0.25) is 0 Å². The first-order valence-electron chi connectivity index (χ1n) is 10.6. The third-order valence-corrected chi connectivity index (χ3v) is 6.07. The first-order valence-corrected chi connectivity index (χ1v) is 10.6. The van der Waals surface area contributed by atoms with Crippen molar-refractivity contribution in [3.8, 4) is 0 Å². The molecule has 1 aromatic heterocycles. The van der Waals surface area contributed by atoms with E-state index >= 15 is 0 Å². The van der Waals surface area contributed by atoms with Crippen molar-refractivity contribution >= 4 is 11.4 Å². The highest BCUT2D eigenvalue weighted by molar-refractivity contribution is 6.03. The minimum Gasteiger partial charge on any atom is -0.329 e. The van der Waals surface area contributed by atoms with Gasteiger partial charge in [-0.2, -0.15) is 0 Å². The van der Waals surface area contributed by atoms with Gasteiger partial charge in [-0.1, -0.05) is 43.3 Å². The fourth-order valence-corrected chi connectivity index (χ4v) is 4.14. The molecule has 1 aliphatic heterocycles. The summed E-state index contributed by atoms with van der Waals surface area (Å²) in [5, 5.41) is 0. The Bertz CT molecular complexity index is 1060. The number of anilines is 1. The number of hydrogen-bond acceptors (Lipinski definition) is 3. The van der Waals surface area contributed by atoms with Gasteiger partial charge in [-0.15, -0.1) is 0 Å². The number of rotatable bonds is 5. The Morgan fingerprint density at radius 3 is 2.40 bits per heavy atom. The fourth-order valence-electron chi connectivity index (χ4n) is 4.14. The number of aromatic nitrogens is 1. The average Bonchev–Trinajstić information content (AvgIpc) is 2.97. The summed E-state index contributed by atoms with van der Waals surface area (Å²) < 4.78 is 1.65. The second-order valence-corrected chi connectivity index (χ2v) is 8.44. The number of pyridine rings is 1. The van der Waals surface area contributed by atoms with E-state index in [4.69, 9.17) is 4.99 Å². The minimum atomic E-state index is -0.0252. The van der Waals surface area contributed by atoms with E-state index in [0.717, 1.165) is 34.7 Å². The zero-order chi connectivity index (χ0) is 22.2. The van der Waals surface area contributed by atoms with Gasteiger partial charge >= 0.3 is 0 Å². The van der Waals surface area contributed by atoms with Gasteiger partial charge in [-0.3, -0.25) is 9.79 Å². The molecule has 0 radical (unpaired) electrons. The highest BCUT2D eigenvalue weighted by Gasteiger charge is 2.37. The summed E-state index contributed by atoms with van der Waals surface area (Å²) in [6.45, 7) is 16.9. The smallest absolute Gasteiger partial charge is 0.253 e. The molecular formula is C26H33N3O. The second kappa shape index (κ2) is 8.47. The summed E-state index contributed by atoms with van der Waals surface area (Å²) in [4.78, 5) is 19.5. The first-order chi connectivity index (χ1) is 14.1. The zero-order valence-corrected chi connectivity index (χ0v) is 19.3. The van der Waals surface area contributed by atoms with Crippen LogP contribution >= 0.6 is 0 Å². The number of hydrogen-bond donors (Lipinski definition) is 0. The summed E-state index contributed by atoms with van der Waals surface area (Å²) in [6.07, 6.45) is 2.91. The van der Waals surface area contributed by atoms with Gasteiger partial charge in [0.2, 0.25) is 0 Å². The van der Waals surface area contributed by atoms with Crippen LogP contribution in [0, 0.1) is 13.8 Å². The summed E-state index contributed by atoms with van der Waals surface area (Å²) in [7, 11) is 1.80. The predicted octanol–water partition coefficient (Wildman–Crippen LogP) is 5.65. The van der Waals surface area contributed by atoms with Gasteiger partial charge in [0.05, 0.1) is 11.7 Å². The molecule has 2 heterocycles. The molecule has 0 saturated carbocycles. The standard InChI is InChI=1S/C26H33N3O/c1-9-18(4)27-20(6)24-19(5)21(7)29(23-14-17(3)26(30)28(8)15-23)25(24)22-12-10-16(2)11-13-22/h10-15,18,25H,7,9H2,1-6,8H3/b27-20-. The number of aryl methyl sites for hydroxylation is 3. The molecule has 2 aromatic rings. The SMILES string of the molecule is C=C1C(C)=C(/C(C)=N\C(C)CC)C(c2ccc(C)cc2)N1c1cc(C)c(=O)n(C)c1. The summed E-state index contributed by atoms with van der Waals surface area (Å²) >= 11 is 0. The summed E-state index contributed by atoms with van der Waals surface area (Å²) in [5.41, 5.74) is 8.50. The van der Waals surface area contributed by atoms with Crippen molar-refractivity contribution in [2.75, 3.05) is 4.90 Å². The van der Waals surface area contributed by atoms with Crippen molar-refractivity contribution in [1.29, 1.82) is 0 Å². The molecule has 0 fully saturated rings. The number of aliphatic imine (C=N–C) groups is 1. The molecule has 0 N–H and O–H groups in total. The van der Waals surface area contributed by atoms with Crippen LogP contribution in [0.15, 0.2) is 69.7 Å². The van der Waals surface area contributed by atoms with Crippen LogP contribution in [0.1, 0.15) is 56.8 Å². The van der Waals surface area contributed by atoms with E-state index in [9.17, 15) is 4.79 Å². The van der Waals surface area contributed by atoms with Crippen LogP contribution < -0.4 is 10.5 Å². The third kappa shape index (κ3) is 3.91. The van der Waals surface area contributed by atoms with Gasteiger partial charge in [0.15, 0.2) is 0 Å². The zero-order valence-electron chi connectivity index (χ0n) is 19.3. The Hall–Kier alpha value is -2.88. The molecule has 1 aliphatic rings. The summed E-state index contributed by atoms with van der Waals surface area (Å²) in [6, 6.07) is 10.9. The van der Waals surface area contributed by atoms with Crippen molar-refractivity contribution in [1.82, 2.24) is 4.57 Å². The van der Waals surface area contributed by atoms with E-state index in [0.29, 0.717) is 0 Å². The van der Waals surface area contributed by atoms with Crippen molar-refractivity contribution in [3.63, 3.8) is 0 Å². The molecule has 0 amide bonds. The Kier molecular flexibility index (Phi) is 6.16. The van der Waals surface area contributed by atoms with Crippen LogP contribution in [0.5, 0.6) is 0 Å². The molecule has 158 valence electrons. The number of nitrogens with zero attached hydrogens (tertiary/aromatic N) is 3. The molecule has 1 aromatic carbocycles. The molecule has 3 rings (SSSR count). The van der Waals surface area contributed by atoms with Crippen molar-refractivity contribution < 1.29 is 0 Å². The van der Waals surface area contributed by atoms with E-state index in [2.05, 4.69) is 70.4 Å². The van der Waals surface area contributed by atoms with Gasteiger partial charge in [-0.25, -0.2) is 0 Å². The van der Waals surface area contributed by atoms with Gasteiger partial charge in [0.1, 0.15) is 0 Å². The highest BCUT2D eigenvalue weighted by atomic mass is 16.1. The lowest BCUT2D eigenvalue weighted by Gasteiger charge is -2.31. The lowest BCUT2D eigenvalue weighted by molar-refractivity contribution is 0.714. The molecule has 0 spiro atoms. The van der Waals surface area contributed by atoms with Crippen molar-refractivity contribution in [2.24, 2.45) is 12.0 Å². The summed E-state index contributed by atoms with van der Waals surface area (Å²) in [5.74, 6) is 0. The van der Waals surface area contributed by atoms with Crippen LogP contribution in [-0.4, -0.2) is 16.3 Å². The number of benzene rings is 1. The maximum absolute atomic E-state index is 12.3. The Balaban J connectivity index is 2.23. The van der Waals surface area contributed by atoms with Crippen molar-refractivity contribution in [3.05, 3.63) is 87.0 Å². The van der Waals surface area contributed by atoms with E-state index in [1.165, 1.54) is 16.7 Å². The van der Waals surface area contributed by atoms with Gasteiger partial charge in [0.25, 0.3) is 5.56 Å². The largest absolute Gasteiger partial charge is 0.329 e. The Morgan fingerprint density at radius 2 is 1.83 bits per heavy atom. The quantitative estimate of drug-likeness (QED) is 0.605. The number of allylic oxidation sites excluding steroid dienone is 1. The normalized spacial score (nSPS) is 18.4. The molecule has 4 heteroatoms. The first kappa shape index (κ1) is 21.8. The third-order valence-electron chi connectivity index (χ3n) is 6.07. The lowest BCUT2D eigenvalue weighted by Crippen LogP contribution is -2.28. The van der Waals surface area contributed by atoms with E-state index < -0.39 is 0 Å². The average molecular weight is 404 g/mol. The van der Waals surface area contributed by atoms with E-state index in [1.54, 1.807) is 11.6 Å². The van der Waals surface area contributed by atoms with Crippen molar-refractivity contribution in [2.45, 2.75) is 60.0 Å². The van der Waals surface area contributed by atoms with Gasteiger partial charge in [0, 0.05) is 41.8 Å². The molecule has 0 bridgehead atoms. The maximum Gasteiger partial charge on any atom is 0.253 e. The van der Waals surface area contributed by atoms with E-state index in [1.807, 2.05) is 19.2 Å². The highest BCUT2D eigenvalue weighted by Crippen LogP contribution is 2.45. The van der Waals surface area contributed by atoms with Gasteiger partial charge in [-0.05, 0) is 58.2 Å². The topological polar surface area (TPSA) is 37.6 Å². The van der Waals surface area contributed by atoms with Crippen LogP contribution in [0.4, 0.5) is 5.69 Å². The molecule has 2 atom stereocenters. The molecule has 2 unspecified atom stereocenters. The Morgan fingerprint density at radius 1 is 1.20 bits per heavy atom. The fraction of sp³-hybridized carbons (Fsp3) is 0.385. The second-order valence-electron chi connectivity index (χ2n) is 8.44. The lowest BCUT2D eigenvalue weighted by atomic mass is 9.93. The Labute approximate surface area is 180 Å². The molecule has 30 heavy (non-hydrogen) atoms. The van der Waals surface area contributed by atoms with Gasteiger partial charge < -0.3 is 9.47 Å². The molecule has 4 nitrogen and oxygen atoms in total. The monoisotopic (exact) mass is 403 g/mol. The van der Waals surface area contributed by atoms with Crippen LogP contribution in [-0.2, 0) is 7.05 Å². The van der Waals surface area contributed by atoms with Crippen LogP contribution in [0.25, 0.3) is 0 Å². The van der Waals surface area contributed by atoms with E-state index in [-0.39, 0.29) is 17.6 Å². The minimum absolute atomic E-state index is 0.0230. The maximum atomic E-state index is 12.3.